The number of methoxy groups -OCH3 is 2. The van der Waals surface area contributed by atoms with Gasteiger partial charge in [0.2, 0.25) is 0 Å². The minimum absolute atomic E-state index is 0.166. The maximum absolute atomic E-state index is 6.61. The molecule has 0 bridgehead atoms. The zero-order chi connectivity index (χ0) is 15.8. The van der Waals surface area contributed by atoms with Crippen molar-refractivity contribution in [3.05, 3.63) is 23.8 Å². The highest BCUT2D eigenvalue weighted by atomic mass is 16.5. The van der Waals surface area contributed by atoms with Crippen LogP contribution in [0.1, 0.15) is 45.7 Å². The second-order valence-electron chi connectivity index (χ2n) is 6.88. The van der Waals surface area contributed by atoms with E-state index in [9.17, 15) is 0 Å². The lowest BCUT2D eigenvalue weighted by molar-refractivity contribution is -0.0768. The molecule has 1 saturated heterocycles. The number of hydrogen-bond acceptors (Lipinski definition) is 4. The van der Waals surface area contributed by atoms with Gasteiger partial charge in [-0.2, -0.15) is 0 Å². The van der Waals surface area contributed by atoms with E-state index in [1.165, 1.54) is 0 Å². The summed E-state index contributed by atoms with van der Waals surface area (Å²) in [4.78, 5) is 0. The van der Waals surface area contributed by atoms with E-state index in [1.807, 2.05) is 18.2 Å². The molecule has 0 amide bonds. The third-order valence-corrected chi connectivity index (χ3v) is 4.38. The lowest BCUT2D eigenvalue weighted by atomic mass is 9.79. The van der Waals surface area contributed by atoms with Gasteiger partial charge in [0.15, 0.2) is 0 Å². The summed E-state index contributed by atoms with van der Waals surface area (Å²) in [6.07, 6.45) is 0.905. The predicted octanol–water partition coefficient (Wildman–Crippen LogP) is 3.30. The monoisotopic (exact) mass is 293 g/mol. The molecule has 0 aromatic heterocycles. The summed E-state index contributed by atoms with van der Waals surface area (Å²) in [7, 11) is 3.32. The Bertz CT molecular complexity index is 489. The molecule has 21 heavy (non-hydrogen) atoms. The molecule has 1 aliphatic heterocycles. The number of ether oxygens (including phenoxy) is 3. The molecular formula is C17H27NO3. The second kappa shape index (κ2) is 5.50. The highest BCUT2D eigenvalue weighted by Crippen LogP contribution is 2.49. The van der Waals surface area contributed by atoms with Crippen molar-refractivity contribution in [3.8, 4) is 11.5 Å². The maximum Gasteiger partial charge on any atom is 0.127 e. The molecule has 118 valence electrons. The first-order chi connectivity index (χ1) is 9.72. The molecule has 1 aliphatic rings. The van der Waals surface area contributed by atoms with Crippen molar-refractivity contribution in [1.29, 1.82) is 0 Å². The summed E-state index contributed by atoms with van der Waals surface area (Å²) in [5.74, 6) is 1.72. The second-order valence-corrected chi connectivity index (χ2v) is 6.88. The van der Waals surface area contributed by atoms with Gasteiger partial charge in [-0.3, -0.25) is 0 Å². The molecule has 0 spiro atoms. The minimum Gasteiger partial charge on any atom is -0.496 e. The Kier molecular flexibility index (Phi) is 4.22. The van der Waals surface area contributed by atoms with Gasteiger partial charge in [-0.15, -0.1) is 0 Å². The van der Waals surface area contributed by atoms with Crippen LogP contribution < -0.4 is 15.2 Å². The van der Waals surface area contributed by atoms with E-state index in [2.05, 4.69) is 27.7 Å². The fourth-order valence-electron chi connectivity index (χ4n) is 3.57. The molecular weight excluding hydrogens is 266 g/mol. The van der Waals surface area contributed by atoms with E-state index in [0.29, 0.717) is 0 Å². The van der Waals surface area contributed by atoms with Crippen molar-refractivity contribution in [1.82, 2.24) is 0 Å². The van der Waals surface area contributed by atoms with Gasteiger partial charge >= 0.3 is 0 Å². The zero-order valence-electron chi connectivity index (χ0n) is 13.9. The molecule has 1 fully saturated rings. The zero-order valence-corrected chi connectivity index (χ0v) is 13.9. The van der Waals surface area contributed by atoms with E-state index in [4.69, 9.17) is 19.9 Å². The summed E-state index contributed by atoms with van der Waals surface area (Å²) in [5, 5.41) is 0. The van der Waals surface area contributed by atoms with Gasteiger partial charge in [-0.05, 0) is 46.2 Å². The van der Waals surface area contributed by atoms with E-state index >= 15 is 0 Å². The number of hydrogen-bond donors (Lipinski definition) is 1. The maximum atomic E-state index is 6.61. The van der Waals surface area contributed by atoms with Crippen LogP contribution in [0, 0.1) is 5.92 Å². The highest BCUT2D eigenvalue weighted by Gasteiger charge is 2.49. The lowest BCUT2D eigenvalue weighted by Gasteiger charge is -2.32. The molecule has 1 aromatic carbocycles. The van der Waals surface area contributed by atoms with E-state index in [1.54, 1.807) is 14.2 Å². The van der Waals surface area contributed by atoms with Gasteiger partial charge in [0.05, 0.1) is 31.0 Å². The Labute approximate surface area is 127 Å². The topological polar surface area (TPSA) is 53.7 Å². The molecule has 0 radical (unpaired) electrons. The summed E-state index contributed by atoms with van der Waals surface area (Å²) in [5.41, 5.74) is 7.08. The first-order valence-electron chi connectivity index (χ1n) is 7.38. The smallest absolute Gasteiger partial charge is 0.127 e. The molecule has 0 aliphatic carbocycles. The SMILES string of the molecule is COc1cccc(OC)c1C(N)C1CC(C)(C)OC1(C)C. The van der Waals surface area contributed by atoms with Crippen LogP contribution in [0.25, 0.3) is 0 Å². The standard InChI is InChI=1S/C17H27NO3/c1-16(2)10-11(17(3,4)21-16)15(18)14-12(19-5)8-7-9-13(14)20-6/h7-9,11,15H,10,18H2,1-6H3. The van der Waals surface area contributed by atoms with Crippen LogP contribution in [0.2, 0.25) is 0 Å². The van der Waals surface area contributed by atoms with Crippen LogP contribution in [-0.4, -0.2) is 25.4 Å². The van der Waals surface area contributed by atoms with Crippen molar-refractivity contribution in [2.75, 3.05) is 14.2 Å². The average molecular weight is 293 g/mol. The van der Waals surface area contributed by atoms with Gasteiger partial charge in [0.25, 0.3) is 0 Å². The Morgan fingerprint density at radius 3 is 2.05 bits per heavy atom. The van der Waals surface area contributed by atoms with Crippen molar-refractivity contribution in [2.24, 2.45) is 11.7 Å². The molecule has 0 saturated carbocycles. The van der Waals surface area contributed by atoms with Crippen LogP contribution in [0.3, 0.4) is 0 Å². The van der Waals surface area contributed by atoms with Crippen LogP contribution in [0.4, 0.5) is 0 Å². The molecule has 2 N–H and O–H groups in total. The molecule has 2 rings (SSSR count). The van der Waals surface area contributed by atoms with Crippen molar-refractivity contribution in [2.45, 2.75) is 51.4 Å². The van der Waals surface area contributed by atoms with Crippen LogP contribution in [0.5, 0.6) is 11.5 Å². The van der Waals surface area contributed by atoms with Crippen molar-refractivity contribution < 1.29 is 14.2 Å². The van der Waals surface area contributed by atoms with Gasteiger partial charge in [-0.1, -0.05) is 6.07 Å². The molecule has 1 heterocycles. The first-order valence-corrected chi connectivity index (χ1v) is 7.38. The van der Waals surface area contributed by atoms with Gasteiger partial charge in [-0.25, -0.2) is 0 Å². The Balaban J connectivity index is 2.43. The van der Waals surface area contributed by atoms with Crippen molar-refractivity contribution >= 4 is 0 Å². The summed E-state index contributed by atoms with van der Waals surface area (Å²) < 4.78 is 17.2. The van der Waals surface area contributed by atoms with E-state index in [-0.39, 0.29) is 23.2 Å². The Morgan fingerprint density at radius 2 is 1.67 bits per heavy atom. The fourth-order valence-corrected chi connectivity index (χ4v) is 3.57. The summed E-state index contributed by atoms with van der Waals surface area (Å²) in [6.45, 7) is 8.43. The number of nitrogens with two attached hydrogens (primary N) is 1. The normalized spacial score (nSPS) is 24.6. The average Bonchev–Trinajstić information content (AvgIpc) is 2.64. The van der Waals surface area contributed by atoms with E-state index in [0.717, 1.165) is 23.5 Å². The van der Waals surface area contributed by atoms with Gasteiger partial charge in [0, 0.05) is 12.0 Å². The number of benzene rings is 1. The first kappa shape index (κ1) is 16.1. The van der Waals surface area contributed by atoms with Gasteiger partial charge < -0.3 is 19.9 Å². The third kappa shape index (κ3) is 3.01. The highest BCUT2D eigenvalue weighted by molar-refractivity contribution is 5.47. The molecule has 2 atom stereocenters. The summed E-state index contributed by atoms with van der Waals surface area (Å²) >= 11 is 0. The van der Waals surface area contributed by atoms with Crippen LogP contribution in [-0.2, 0) is 4.74 Å². The Hall–Kier alpha value is -1.26. The summed E-state index contributed by atoms with van der Waals surface area (Å²) in [6, 6.07) is 5.55. The predicted molar refractivity (Wildman–Crippen MR) is 83.8 cm³/mol. The largest absolute Gasteiger partial charge is 0.496 e. The molecule has 2 unspecified atom stereocenters. The van der Waals surface area contributed by atoms with Crippen molar-refractivity contribution in [3.63, 3.8) is 0 Å². The fraction of sp³-hybridized carbons (Fsp3) is 0.647. The number of rotatable bonds is 4. The van der Waals surface area contributed by atoms with Crippen LogP contribution >= 0.6 is 0 Å². The molecule has 1 aromatic rings. The third-order valence-electron chi connectivity index (χ3n) is 4.38. The lowest BCUT2D eigenvalue weighted by Crippen LogP contribution is -2.36. The van der Waals surface area contributed by atoms with Crippen LogP contribution in [0.15, 0.2) is 18.2 Å². The minimum atomic E-state index is -0.283. The van der Waals surface area contributed by atoms with E-state index < -0.39 is 0 Å². The quantitative estimate of drug-likeness (QED) is 0.925. The Morgan fingerprint density at radius 1 is 1.14 bits per heavy atom. The molecule has 4 heteroatoms. The molecule has 4 nitrogen and oxygen atoms in total. The van der Waals surface area contributed by atoms with Gasteiger partial charge in [0.1, 0.15) is 11.5 Å².